The van der Waals surface area contributed by atoms with Gasteiger partial charge >= 0.3 is 0 Å². The van der Waals surface area contributed by atoms with Gasteiger partial charge in [0.15, 0.2) is 0 Å². The van der Waals surface area contributed by atoms with Crippen LogP contribution in [0.1, 0.15) is 77.0 Å². The number of unbranched alkanes of at least 4 members (excludes halogenated alkanes) is 6. The van der Waals surface area contributed by atoms with Gasteiger partial charge in [-0.25, -0.2) is 0 Å². The Kier molecular flexibility index (Phi) is 7.06. The Morgan fingerprint density at radius 3 is 2.65 bits per heavy atom. The molecule has 0 aromatic rings. The van der Waals surface area contributed by atoms with Crippen molar-refractivity contribution in [3.63, 3.8) is 0 Å². The van der Waals surface area contributed by atoms with Crippen molar-refractivity contribution in [3.05, 3.63) is 24.3 Å². The first-order chi connectivity index (χ1) is 9.81. The first-order valence-electron chi connectivity index (χ1n) is 8.51. The fraction of sp³-hybridized carbons (Fsp3) is 0.778. The lowest BCUT2D eigenvalue weighted by Crippen LogP contribution is -2.33. The average Bonchev–Trinajstić information content (AvgIpc) is 2.42. The summed E-state index contributed by atoms with van der Waals surface area (Å²) in [6.45, 7) is 3.76. The number of hydrogen-bond donors (Lipinski definition) is 0. The summed E-state index contributed by atoms with van der Waals surface area (Å²) in [5, 5.41) is 0.893. The number of allylic oxidation sites excluding steroid dienone is 2. The highest BCUT2D eigenvalue weighted by Crippen LogP contribution is 2.34. The van der Waals surface area contributed by atoms with Gasteiger partial charge in [0.1, 0.15) is 0 Å². The normalized spacial score (nSPS) is 29.0. The lowest BCUT2D eigenvalue weighted by molar-refractivity contribution is 0.548. The monoisotopic (exact) mass is 294 g/mol. The predicted molar refractivity (Wildman–Crippen MR) is 89.4 cm³/mol. The Bertz CT molecular complexity index is 358. The van der Waals surface area contributed by atoms with Crippen LogP contribution in [0.15, 0.2) is 24.3 Å². The summed E-state index contributed by atoms with van der Waals surface area (Å²) in [7, 11) is -0.555. The summed E-state index contributed by atoms with van der Waals surface area (Å²) in [6.07, 6.45) is 19.7. The first-order valence-corrected chi connectivity index (χ1v) is 9.78. The highest BCUT2D eigenvalue weighted by Gasteiger charge is 2.32. The molecule has 1 fully saturated rings. The highest BCUT2D eigenvalue weighted by molar-refractivity contribution is 7.86. The van der Waals surface area contributed by atoms with Crippen molar-refractivity contribution < 1.29 is 4.21 Å². The van der Waals surface area contributed by atoms with Crippen LogP contribution in [0.2, 0.25) is 0 Å². The number of fused-ring (bicyclic) bond motifs is 2. The van der Waals surface area contributed by atoms with E-state index in [2.05, 4.69) is 12.7 Å². The second-order valence-electron chi connectivity index (χ2n) is 6.40. The van der Waals surface area contributed by atoms with Crippen molar-refractivity contribution in [1.29, 1.82) is 0 Å². The molecular weight excluding hydrogens is 264 g/mol. The van der Waals surface area contributed by atoms with E-state index in [1.807, 2.05) is 6.08 Å². The second-order valence-corrected chi connectivity index (χ2v) is 8.33. The third kappa shape index (κ3) is 4.87. The molecule has 0 spiro atoms. The van der Waals surface area contributed by atoms with Crippen molar-refractivity contribution in [2.24, 2.45) is 0 Å². The van der Waals surface area contributed by atoms with Gasteiger partial charge in [0.2, 0.25) is 0 Å². The van der Waals surface area contributed by atoms with Crippen LogP contribution in [-0.2, 0) is 10.8 Å². The van der Waals surface area contributed by atoms with Gasteiger partial charge < -0.3 is 0 Å². The summed E-state index contributed by atoms with van der Waals surface area (Å²) >= 11 is 0. The van der Waals surface area contributed by atoms with Crippen LogP contribution in [0.25, 0.3) is 0 Å². The molecule has 2 aliphatic heterocycles. The molecule has 1 nitrogen and oxygen atoms in total. The van der Waals surface area contributed by atoms with E-state index in [4.69, 9.17) is 0 Å². The maximum atomic E-state index is 12.1. The van der Waals surface area contributed by atoms with Crippen molar-refractivity contribution in [2.45, 2.75) is 87.5 Å². The summed E-state index contributed by atoms with van der Waals surface area (Å²) in [5.74, 6) is 0. The van der Waals surface area contributed by atoms with Crippen LogP contribution in [0, 0.1) is 0 Å². The standard InChI is InChI=1S/C18H30OS/c1-2-3-4-5-6-7-8-9-11-16-14-17-12-10-13-18(15-16)20(17)19/h2,14,17-18H,1,3-13,15H2. The molecule has 2 rings (SSSR count). The summed E-state index contributed by atoms with van der Waals surface area (Å²) in [6, 6.07) is 0. The van der Waals surface area contributed by atoms with E-state index < -0.39 is 10.8 Å². The summed E-state index contributed by atoms with van der Waals surface area (Å²) < 4.78 is 12.1. The average molecular weight is 295 g/mol. The molecule has 0 radical (unpaired) electrons. The molecule has 3 atom stereocenters. The minimum Gasteiger partial charge on any atom is -0.259 e. The Balaban J connectivity index is 1.58. The van der Waals surface area contributed by atoms with E-state index in [0.717, 1.165) is 12.8 Å². The van der Waals surface area contributed by atoms with E-state index in [1.165, 1.54) is 64.2 Å². The zero-order valence-electron chi connectivity index (χ0n) is 12.8. The van der Waals surface area contributed by atoms with Gasteiger partial charge in [0.25, 0.3) is 0 Å². The van der Waals surface area contributed by atoms with Crippen LogP contribution < -0.4 is 0 Å². The molecular formula is C18H30OS. The van der Waals surface area contributed by atoms with Crippen LogP contribution in [0.3, 0.4) is 0 Å². The molecule has 2 heteroatoms. The van der Waals surface area contributed by atoms with E-state index in [1.54, 1.807) is 5.57 Å². The molecule has 0 aromatic heterocycles. The van der Waals surface area contributed by atoms with Crippen molar-refractivity contribution in [2.75, 3.05) is 0 Å². The van der Waals surface area contributed by atoms with Crippen LogP contribution in [-0.4, -0.2) is 14.7 Å². The van der Waals surface area contributed by atoms with Crippen LogP contribution in [0.4, 0.5) is 0 Å². The minimum absolute atomic E-state index is 0.399. The first kappa shape index (κ1) is 16.0. The fourth-order valence-electron chi connectivity index (χ4n) is 3.52. The number of hydrogen-bond acceptors (Lipinski definition) is 1. The quantitative estimate of drug-likeness (QED) is 0.417. The van der Waals surface area contributed by atoms with E-state index in [9.17, 15) is 4.21 Å². The third-order valence-corrected chi connectivity index (χ3v) is 6.74. The van der Waals surface area contributed by atoms with E-state index in [0.29, 0.717) is 10.5 Å². The molecule has 1 saturated heterocycles. The Labute approximate surface area is 127 Å². The van der Waals surface area contributed by atoms with Crippen molar-refractivity contribution >= 4 is 10.8 Å². The molecule has 0 N–H and O–H groups in total. The Hall–Kier alpha value is -0.370. The minimum atomic E-state index is -0.555. The molecule has 2 heterocycles. The zero-order chi connectivity index (χ0) is 14.2. The molecule has 2 aliphatic rings. The van der Waals surface area contributed by atoms with Gasteiger partial charge in [-0.1, -0.05) is 49.8 Å². The molecule has 0 amide bonds. The molecule has 20 heavy (non-hydrogen) atoms. The Morgan fingerprint density at radius 1 is 1.15 bits per heavy atom. The topological polar surface area (TPSA) is 17.1 Å². The van der Waals surface area contributed by atoms with Gasteiger partial charge in [0.05, 0.1) is 5.25 Å². The predicted octanol–water partition coefficient (Wildman–Crippen LogP) is 5.29. The second kappa shape index (κ2) is 8.81. The van der Waals surface area contributed by atoms with E-state index in [-0.39, 0.29) is 0 Å². The van der Waals surface area contributed by atoms with Gasteiger partial charge in [-0.05, 0) is 44.9 Å². The Morgan fingerprint density at radius 2 is 1.90 bits per heavy atom. The lowest BCUT2D eigenvalue weighted by atomic mass is 9.94. The van der Waals surface area contributed by atoms with Gasteiger partial charge in [-0.2, -0.15) is 0 Å². The molecule has 0 saturated carbocycles. The fourth-order valence-corrected chi connectivity index (χ4v) is 5.51. The lowest BCUT2D eigenvalue weighted by Gasteiger charge is -2.32. The SMILES string of the molecule is C=CCCCCCCCCC1=CC2CCCC(C1)S2=O. The molecule has 0 aliphatic carbocycles. The number of rotatable bonds is 9. The maximum absolute atomic E-state index is 12.1. The highest BCUT2D eigenvalue weighted by atomic mass is 32.2. The third-order valence-electron chi connectivity index (χ3n) is 4.71. The van der Waals surface area contributed by atoms with Crippen molar-refractivity contribution in [3.8, 4) is 0 Å². The molecule has 114 valence electrons. The van der Waals surface area contributed by atoms with Gasteiger partial charge in [0, 0.05) is 16.0 Å². The summed E-state index contributed by atoms with van der Waals surface area (Å²) in [4.78, 5) is 0. The van der Waals surface area contributed by atoms with Gasteiger partial charge in [-0.3, -0.25) is 4.21 Å². The van der Waals surface area contributed by atoms with Crippen LogP contribution in [0.5, 0.6) is 0 Å². The largest absolute Gasteiger partial charge is 0.259 e. The molecule has 2 bridgehead atoms. The maximum Gasteiger partial charge on any atom is 0.0533 e. The zero-order valence-corrected chi connectivity index (χ0v) is 13.6. The summed E-state index contributed by atoms with van der Waals surface area (Å²) in [5.41, 5.74) is 1.62. The van der Waals surface area contributed by atoms with Crippen LogP contribution >= 0.6 is 0 Å². The van der Waals surface area contributed by atoms with Gasteiger partial charge in [-0.15, -0.1) is 6.58 Å². The van der Waals surface area contributed by atoms with Crippen molar-refractivity contribution in [1.82, 2.24) is 0 Å². The molecule has 3 unspecified atom stereocenters. The molecule has 0 aromatic carbocycles. The van der Waals surface area contributed by atoms with E-state index >= 15 is 0 Å². The smallest absolute Gasteiger partial charge is 0.0533 e.